The van der Waals surface area contributed by atoms with E-state index in [2.05, 4.69) is 5.32 Å². The van der Waals surface area contributed by atoms with Crippen molar-refractivity contribution in [3.8, 4) is 0 Å². The third-order valence-corrected chi connectivity index (χ3v) is 2.93. The molecule has 0 spiro atoms. The highest BCUT2D eigenvalue weighted by atomic mass is 19.4. The molecule has 0 amide bonds. The van der Waals surface area contributed by atoms with E-state index in [4.69, 9.17) is 0 Å². The van der Waals surface area contributed by atoms with E-state index in [0.29, 0.717) is 0 Å². The van der Waals surface area contributed by atoms with Crippen molar-refractivity contribution in [1.82, 2.24) is 5.32 Å². The number of halogens is 3. The highest BCUT2D eigenvalue weighted by Crippen LogP contribution is 2.32. The first-order valence-corrected chi connectivity index (χ1v) is 5.35. The molecule has 0 saturated heterocycles. The Hall–Kier alpha value is -1.03. The molecule has 88 valence electrons. The minimum Gasteiger partial charge on any atom is -0.302 e. The molecule has 1 nitrogen and oxygen atoms in total. The molecule has 4 heteroatoms. The van der Waals surface area contributed by atoms with E-state index in [9.17, 15) is 13.2 Å². The summed E-state index contributed by atoms with van der Waals surface area (Å²) in [6.07, 6.45) is -2.51. The quantitative estimate of drug-likeness (QED) is 0.821. The highest BCUT2D eigenvalue weighted by Gasteiger charge is 2.30. The SMILES string of the molecule is Cc1ccc2c(c1)C(NCC(F)(F)F)CC2. The number of nitrogens with one attached hydrogen (secondary N) is 1. The molecule has 0 aromatic heterocycles. The summed E-state index contributed by atoms with van der Waals surface area (Å²) in [5.74, 6) is 0. The summed E-state index contributed by atoms with van der Waals surface area (Å²) in [5.41, 5.74) is 3.30. The monoisotopic (exact) mass is 229 g/mol. The lowest BCUT2D eigenvalue weighted by Crippen LogP contribution is -2.31. The maximum Gasteiger partial charge on any atom is 0.401 e. The minimum atomic E-state index is -4.13. The minimum absolute atomic E-state index is 0.142. The molecule has 16 heavy (non-hydrogen) atoms. The van der Waals surface area contributed by atoms with Gasteiger partial charge in [-0.05, 0) is 30.9 Å². The standard InChI is InChI=1S/C12H14F3N/c1-8-2-3-9-4-5-11(10(9)6-8)16-7-12(13,14)15/h2-3,6,11,16H,4-5,7H2,1H3. The van der Waals surface area contributed by atoms with Crippen molar-refractivity contribution in [3.63, 3.8) is 0 Å². The number of benzene rings is 1. The van der Waals surface area contributed by atoms with Gasteiger partial charge < -0.3 is 5.32 Å². The van der Waals surface area contributed by atoms with Gasteiger partial charge in [-0.1, -0.05) is 23.8 Å². The van der Waals surface area contributed by atoms with Crippen LogP contribution >= 0.6 is 0 Å². The zero-order valence-electron chi connectivity index (χ0n) is 9.06. The molecule has 0 heterocycles. The number of alkyl halides is 3. The van der Waals surface area contributed by atoms with Gasteiger partial charge in [0.25, 0.3) is 0 Å². The molecule has 2 rings (SSSR count). The van der Waals surface area contributed by atoms with Crippen molar-refractivity contribution in [3.05, 3.63) is 34.9 Å². The molecule has 1 N–H and O–H groups in total. The van der Waals surface area contributed by atoms with Gasteiger partial charge in [0.05, 0.1) is 6.54 Å². The van der Waals surface area contributed by atoms with Crippen molar-refractivity contribution in [2.45, 2.75) is 32.0 Å². The second-order valence-electron chi connectivity index (χ2n) is 4.29. The van der Waals surface area contributed by atoms with Gasteiger partial charge in [0.15, 0.2) is 0 Å². The second kappa shape index (κ2) is 4.09. The lowest BCUT2D eigenvalue weighted by Gasteiger charge is -2.16. The summed E-state index contributed by atoms with van der Waals surface area (Å²) in [6.45, 7) is 1.05. The Balaban J connectivity index is 2.08. The fourth-order valence-corrected chi connectivity index (χ4v) is 2.17. The number of rotatable bonds is 2. The number of fused-ring (bicyclic) bond motifs is 1. The van der Waals surface area contributed by atoms with Gasteiger partial charge >= 0.3 is 6.18 Å². The smallest absolute Gasteiger partial charge is 0.302 e. The predicted molar refractivity (Wildman–Crippen MR) is 56.3 cm³/mol. The summed E-state index contributed by atoms with van der Waals surface area (Å²) in [6, 6.07) is 5.86. The maximum atomic E-state index is 12.1. The summed E-state index contributed by atoms with van der Waals surface area (Å²) in [7, 11) is 0. The van der Waals surface area contributed by atoms with Crippen LogP contribution in [-0.2, 0) is 6.42 Å². The average Bonchev–Trinajstić information content (AvgIpc) is 2.56. The first kappa shape index (κ1) is 11.5. The van der Waals surface area contributed by atoms with E-state index >= 15 is 0 Å². The number of hydrogen-bond donors (Lipinski definition) is 1. The van der Waals surface area contributed by atoms with Gasteiger partial charge in [0.2, 0.25) is 0 Å². The Morgan fingerprint density at radius 1 is 1.38 bits per heavy atom. The maximum absolute atomic E-state index is 12.1. The predicted octanol–water partition coefficient (Wildman–Crippen LogP) is 3.13. The molecule has 1 aromatic carbocycles. The van der Waals surface area contributed by atoms with Gasteiger partial charge in [-0.15, -0.1) is 0 Å². The molecular weight excluding hydrogens is 215 g/mol. The van der Waals surface area contributed by atoms with E-state index in [1.165, 1.54) is 5.56 Å². The lowest BCUT2D eigenvalue weighted by atomic mass is 10.1. The fraction of sp³-hybridized carbons (Fsp3) is 0.500. The Kier molecular flexibility index (Phi) is 2.93. The van der Waals surface area contributed by atoms with Crippen LogP contribution in [0.2, 0.25) is 0 Å². The molecule has 1 aliphatic rings. The van der Waals surface area contributed by atoms with Gasteiger partial charge in [0, 0.05) is 6.04 Å². The van der Waals surface area contributed by atoms with Crippen molar-refractivity contribution in [1.29, 1.82) is 0 Å². The van der Waals surface area contributed by atoms with Crippen LogP contribution in [0, 0.1) is 6.92 Å². The molecule has 1 atom stereocenters. The van der Waals surface area contributed by atoms with Crippen LogP contribution in [0.1, 0.15) is 29.2 Å². The first-order valence-electron chi connectivity index (χ1n) is 5.35. The molecule has 0 saturated carbocycles. The summed E-state index contributed by atoms with van der Waals surface area (Å²) in [4.78, 5) is 0. The molecular formula is C12H14F3N. The topological polar surface area (TPSA) is 12.0 Å². The van der Waals surface area contributed by atoms with Crippen LogP contribution in [-0.4, -0.2) is 12.7 Å². The second-order valence-corrected chi connectivity index (χ2v) is 4.29. The van der Waals surface area contributed by atoms with Gasteiger partial charge in [-0.3, -0.25) is 0 Å². The number of hydrogen-bond acceptors (Lipinski definition) is 1. The molecule has 1 unspecified atom stereocenters. The Morgan fingerprint density at radius 2 is 2.12 bits per heavy atom. The van der Waals surface area contributed by atoms with Gasteiger partial charge in [-0.2, -0.15) is 13.2 Å². The van der Waals surface area contributed by atoms with Crippen LogP contribution < -0.4 is 5.32 Å². The highest BCUT2D eigenvalue weighted by molar-refractivity contribution is 5.37. The van der Waals surface area contributed by atoms with E-state index in [-0.39, 0.29) is 6.04 Å². The molecule has 0 aliphatic heterocycles. The third kappa shape index (κ3) is 2.55. The van der Waals surface area contributed by atoms with E-state index in [0.717, 1.165) is 24.0 Å². The van der Waals surface area contributed by atoms with E-state index in [1.54, 1.807) is 0 Å². The van der Waals surface area contributed by atoms with Crippen LogP contribution in [0.15, 0.2) is 18.2 Å². The Labute approximate surface area is 92.7 Å². The van der Waals surface area contributed by atoms with E-state index in [1.807, 2.05) is 25.1 Å². The van der Waals surface area contributed by atoms with Crippen LogP contribution in [0.5, 0.6) is 0 Å². The van der Waals surface area contributed by atoms with Crippen LogP contribution in [0.3, 0.4) is 0 Å². The van der Waals surface area contributed by atoms with Crippen molar-refractivity contribution in [2.24, 2.45) is 0 Å². The summed E-state index contributed by atoms with van der Waals surface area (Å²) >= 11 is 0. The van der Waals surface area contributed by atoms with Crippen LogP contribution in [0.4, 0.5) is 13.2 Å². The Morgan fingerprint density at radius 3 is 2.81 bits per heavy atom. The fourth-order valence-electron chi connectivity index (χ4n) is 2.17. The van der Waals surface area contributed by atoms with Gasteiger partial charge in [-0.25, -0.2) is 0 Å². The zero-order valence-corrected chi connectivity index (χ0v) is 9.06. The largest absolute Gasteiger partial charge is 0.401 e. The first-order chi connectivity index (χ1) is 7.46. The lowest BCUT2D eigenvalue weighted by molar-refractivity contribution is -0.126. The molecule has 1 aliphatic carbocycles. The molecule has 0 bridgehead atoms. The Bertz CT molecular complexity index is 384. The molecule has 0 fully saturated rings. The summed E-state index contributed by atoms with van der Waals surface area (Å²) < 4.78 is 36.3. The van der Waals surface area contributed by atoms with Crippen LogP contribution in [0.25, 0.3) is 0 Å². The van der Waals surface area contributed by atoms with Crippen molar-refractivity contribution < 1.29 is 13.2 Å². The normalized spacial score (nSPS) is 19.9. The number of aryl methyl sites for hydroxylation is 2. The summed E-state index contributed by atoms with van der Waals surface area (Å²) in [5, 5.41) is 2.58. The van der Waals surface area contributed by atoms with E-state index < -0.39 is 12.7 Å². The molecule has 0 radical (unpaired) electrons. The molecule has 1 aromatic rings. The third-order valence-electron chi connectivity index (χ3n) is 2.93. The average molecular weight is 229 g/mol. The van der Waals surface area contributed by atoms with Crippen molar-refractivity contribution >= 4 is 0 Å². The van der Waals surface area contributed by atoms with Gasteiger partial charge in [0.1, 0.15) is 0 Å². The zero-order chi connectivity index (χ0) is 11.8. The van der Waals surface area contributed by atoms with Crippen molar-refractivity contribution in [2.75, 3.05) is 6.54 Å².